The van der Waals surface area contributed by atoms with Gasteiger partial charge in [-0.1, -0.05) is 11.3 Å². The van der Waals surface area contributed by atoms with Gasteiger partial charge in [0.05, 0.1) is 19.3 Å². The summed E-state index contributed by atoms with van der Waals surface area (Å²) < 4.78 is 38.2. The van der Waals surface area contributed by atoms with E-state index in [1.807, 2.05) is 0 Å². The lowest BCUT2D eigenvalue weighted by atomic mass is 10.2. The van der Waals surface area contributed by atoms with Gasteiger partial charge in [-0.2, -0.15) is 4.31 Å². The summed E-state index contributed by atoms with van der Waals surface area (Å²) in [6.07, 6.45) is 3.80. The van der Waals surface area contributed by atoms with Crippen LogP contribution in [0.5, 0.6) is 0 Å². The highest BCUT2D eigenvalue weighted by Crippen LogP contribution is 2.31. The molecule has 9 nitrogen and oxygen atoms in total. The van der Waals surface area contributed by atoms with Crippen molar-refractivity contribution in [2.75, 3.05) is 44.8 Å². The van der Waals surface area contributed by atoms with E-state index in [1.54, 1.807) is 12.1 Å². The maximum atomic E-state index is 12.6. The number of hydrogen-bond acceptors (Lipinski definition) is 10. The summed E-state index contributed by atoms with van der Waals surface area (Å²) in [7, 11) is -3.53. The van der Waals surface area contributed by atoms with Crippen molar-refractivity contribution in [2.24, 2.45) is 0 Å². The van der Waals surface area contributed by atoms with Gasteiger partial charge in [0.25, 0.3) is 0 Å². The standard InChI is InChI=1S/C16H21N5O4S3/c22-28(23,21-5-8-24-9-6-21)13-3-4-14(17-11-13)26-16-20-19-15(27-16)18-10-12-2-1-7-25-12/h3-4,11-12H,1-2,5-10H2,(H,18,19)/t12-/m1/s1. The molecule has 2 fully saturated rings. The van der Waals surface area contributed by atoms with E-state index in [0.717, 1.165) is 35.5 Å². The fourth-order valence-electron chi connectivity index (χ4n) is 2.93. The van der Waals surface area contributed by atoms with Crippen molar-refractivity contribution in [1.82, 2.24) is 19.5 Å². The zero-order valence-corrected chi connectivity index (χ0v) is 17.6. The molecule has 1 N–H and O–H groups in total. The molecule has 0 radical (unpaired) electrons. The molecule has 0 spiro atoms. The molecule has 28 heavy (non-hydrogen) atoms. The summed E-state index contributed by atoms with van der Waals surface area (Å²) in [5.74, 6) is 0. The largest absolute Gasteiger partial charge is 0.379 e. The number of aromatic nitrogens is 3. The van der Waals surface area contributed by atoms with Gasteiger partial charge < -0.3 is 14.8 Å². The van der Waals surface area contributed by atoms with Crippen LogP contribution < -0.4 is 5.32 Å². The number of hydrogen-bond donors (Lipinski definition) is 1. The lowest BCUT2D eigenvalue weighted by Gasteiger charge is -2.25. The average Bonchev–Trinajstić information content (AvgIpc) is 3.39. The molecule has 2 aliphatic rings. The van der Waals surface area contributed by atoms with Crippen molar-refractivity contribution in [1.29, 1.82) is 0 Å². The lowest BCUT2D eigenvalue weighted by molar-refractivity contribution is 0.0730. The third kappa shape index (κ3) is 4.81. The van der Waals surface area contributed by atoms with Crippen LogP contribution >= 0.6 is 23.1 Å². The summed E-state index contributed by atoms with van der Waals surface area (Å²) in [4.78, 5) is 4.47. The Morgan fingerprint density at radius 3 is 2.82 bits per heavy atom. The number of nitrogens with zero attached hydrogens (tertiary/aromatic N) is 4. The van der Waals surface area contributed by atoms with Gasteiger partial charge in [-0.3, -0.25) is 0 Å². The van der Waals surface area contributed by atoms with Crippen molar-refractivity contribution < 1.29 is 17.9 Å². The monoisotopic (exact) mass is 443 g/mol. The SMILES string of the molecule is O=S(=O)(c1ccc(Sc2nnc(NC[C@H]3CCCO3)s2)nc1)N1CCOCC1. The Kier molecular flexibility index (Phi) is 6.43. The number of nitrogens with one attached hydrogen (secondary N) is 1. The van der Waals surface area contributed by atoms with Crippen LogP contribution in [0.15, 0.2) is 32.6 Å². The van der Waals surface area contributed by atoms with Crippen molar-refractivity contribution >= 4 is 38.3 Å². The van der Waals surface area contributed by atoms with Crippen LogP contribution in [0.1, 0.15) is 12.8 Å². The van der Waals surface area contributed by atoms with Crippen LogP contribution in [0.25, 0.3) is 0 Å². The molecule has 0 bridgehead atoms. The molecule has 0 saturated carbocycles. The zero-order chi connectivity index (χ0) is 19.4. The highest BCUT2D eigenvalue weighted by molar-refractivity contribution is 8.01. The number of ether oxygens (including phenoxy) is 2. The second-order valence-electron chi connectivity index (χ2n) is 6.34. The van der Waals surface area contributed by atoms with Crippen LogP contribution in [0.2, 0.25) is 0 Å². The van der Waals surface area contributed by atoms with Gasteiger partial charge in [-0.05, 0) is 36.7 Å². The molecule has 0 amide bonds. The van der Waals surface area contributed by atoms with Gasteiger partial charge in [-0.15, -0.1) is 10.2 Å². The van der Waals surface area contributed by atoms with E-state index in [-0.39, 0.29) is 11.0 Å². The van der Waals surface area contributed by atoms with Crippen molar-refractivity contribution in [3.8, 4) is 0 Å². The predicted octanol–water partition coefficient (Wildman–Crippen LogP) is 1.70. The van der Waals surface area contributed by atoms with Crippen molar-refractivity contribution in [2.45, 2.75) is 33.2 Å². The highest BCUT2D eigenvalue weighted by atomic mass is 32.2. The molecule has 4 heterocycles. The molecule has 0 aromatic carbocycles. The summed E-state index contributed by atoms with van der Waals surface area (Å²) in [6.45, 7) is 3.12. The van der Waals surface area contributed by atoms with Gasteiger partial charge in [0.15, 0.2) is 4.34 Å². The molecule has 4 rings (SSSR count). The number of pyridine rings is 1. The summed E-state index contributed by atoms with van der Waals surface area (Å²) >= 11 is 2.79. The summed E-state index contributed by atoms with van der Waals surface area (Å²) in [5.41, 5.74) is 0. The van der Waals surface area contributed by atoms with Crippen molar-refractivity contribution in [3.05, 3.63) is 18.3 Å². The van der Waals surface area contributed by atoms with Gasteiger partial charge in [-0.25, -0.2) is 13.4 Å². The van der Waals surface area contributed by atoms with E-state index >= 15 is 0 Å². The Labute approximate surface area is 171 Å². The quantitative estimate of drug-likeness (QED) is 0.684. The Bertz CT molecular complexity index is 878. The first-order chi connectivity index (χ1) is 13.6. The minimum Gasteiger partial charge on any atom is -0.379 e. The topological polar surface area (TPSA) is 107 Å². The zero-order valence-electron chi connectivity index (χ0n) is 15.1. The van der Waals surface area contributed by atoms with Crippen LogP contribution in [0, 0.1) is 0 Å². The second kappa shape index (κ2) is 9.01. The fraction of sp³-hybridized carbons (Fsp3) is 0.562. The van der Waals surface area contributed by atoms with Crippen LogP contribution in [-0.2, 0) is 19.5 Å². The van der Waals surface area contributed by atoms with E-state index in [4.69, 9.17) is 9.47 Å². The lowest BCUT2D eigenvalue weighted by Crippen LogP contribution is -2.40. The molecule has 0 aliphatic carbocycles. The van der Waals surface area contributed by atoms with E-state index < -0.39 is 10.0 Å². The van der Waals surface area contributed by atoms with Gasteiger partial charge in [0, 0.05) is 32.4 Å². The molecule has 2 aliphatic heterocycles. The van der Waals surface area contributed by atoms with Gasteiger partial charge in [0.2, 0.25) is 15.2 Å². The molecular weight excluding hydrogens is 422 g/mol. The molecule has 1 atom stereocenters. The number of anilines is 1. The molecule has 2 aromatic rings. The Morgan fingerprint density at radius 2 is 2.11 bits per heavy atom. The number of sulfonamides is 1. The Hall–Kier alpha value is -1.31. The third-order valence-electron chi connectivity index (χ3n) is 4.42. The fourth-order valence-corrected chi connectivity index (χ4v) is 5.93. The first kappa shape index (κ1) is 20.0. The number of rotatable bonds is 7. The van der Waals surface area contributed by atoms with Crippen LogP contribution in [0.3, 0.4) is 0 Å². The van der Waals surface area contributed by atoms with E-state index in [2.05, 4.69) is 20.5 Å². The smallest absolute Gasteiger partial charge is 0.244 e. The Balaban J connectivity index is 1.35. The summed E-state index contributed by atoms with van der Waals surface area (Å²) in [6, 6.07) is 3.27. The molecule has 2 saturated heterocycles. The van der Waals surface area contributed by atoms with E-state index in [9.17, 15) is 8.42 Å². The molecule has 12 heteroatoms. The Morgan fingerprint density at radius 1 is 1.25 bits per heavy atom. The number of morpholine rings is 1. The maximum absolute atomic E-state index is 12.6. The van der Waals surface area contributed by atoms with Gasteiger partial charge >= 0.3 is 0 Å². The average molecular weight is 444 g/mol. The minimum atomic E-state index is -3.53. The van der Waals surface area contributed by atoms with E-state index in [1.165, 1.54) is 33.6 Å². The first-order valence-electron chi connectivity index (χ1n) is 9.02. The molecule has 0 unspecified atom stereocenters. The van der Waals surface area contributed by atoms with Gasteiger partial charge in [0.1, 0.15) is 9.92 Å². The van der Waals surface area contributed by atoms with Crippen molar-refractivity contribution in [3.63, 3.8) is 0 Å². The first-order valence-corrected chi connectivity index (χ1v) is 12.1. The normalized spacial score (nSPS) is 21.1. The maximum Gasteiger partial charge on any atom is 0.244 e. The molecular formula is C16H21N5O4S3. The molecule has 2 aromatic heterocycles. The van der Waals surface area contributed by atoms with E-state index in [0.29, 0.717) is 31.3 Å². The summed E-state index contributed by atoms with van der Waals surface area (Å²) in [5, 5.41) is 12.9. The third-order valence-corrected chi connectivity index (χ3v) is 8.19. The van der Waals surface area contributed by atoms with Crippen LogP contribution in [0.4, 0.5) is 5.13 Å². The predicted molar refractivity (Wildman–Crippen MR) is 105 cm³/mol. The highest BCUT2D eigenvalue weighted by Gasteiger charge is 2.26. The minimum absolute atomic E-state index is 0.190. The van der Waals surface area contributed by atoms with Crippen LogP contribution in [-0.4, -0.2) is 73.5 Å². The second-order valence-corrected chi connectivity index (χ2v) is 10.5. The molecule has 152 valence electrons.